The Balaban J connectivity index is 2.96. The first-order chi connectivity index (χ1) is 4.02. The smallest absolute Gasteiger partial charge is 0.0758 e. The molecule has 0 spiro atoms. The van der Waals surface area contributed by atoms with Crippen molar-refractivity contribution in [2.75, 3.05) is 0 Å². The van der Waals surface area contributed by atoms with Gasteiger partial charge in [-0.2, -0.15) is 0 Å². The Morgan fingerprint density at radius 2 is 2.00 bits per heavy atom. The molecule has 9 heavy (non-hydrogen) atoms. The molecule has 0 aromatic rings. The zero-order valence-electron chi connectivity index (χ0n) is 5.19. The predicted molar refractivity (Wildman–Crippen MR) is 52.3 cm³/mol. The molecule has 1 aliphatic rings. The van der Waals surface area contributed by atoms with E-state index >= 15 is 0 Å². The molecule has 0 atom stereocenters. The van der Waals surface area contributed by atoms with E-state index in [0.29, 0.717) is 0 Å². The fourth-order valence-electron chi connectivity index (χ4n) is 0.635. The molecule has 0 unspecified atom stereocenters. The van der Waals surface area contributed by atoms with Crippen molar-refractivity contribution >= 4 is 41.6 Å². The summed E-state index contributed by atoms with van der Waals surface area (Å²) in [5, 5.41) is 3.25. The van der Waals surface area contributed by atoms with E-state index < -0.39 is 6.89 Å². The van der Waals surface area contributed by atoms with Gasteiger partial charge in [-0.15, -0.1) is 0 Å². The van der Waals surface area contributed by atoms with Crippen LogP contribution >= 0.6 is 36.5 Å². The Kier molecular flexibility index (Phi) is 2.08. The average molecular weight is 273 g/mol. The van der Waals surface area contributed by atoms with Crippen LogP contribution in [0.5, 0.6) is 0 Å². The third-order valence-electron chi connectivity index (χ3n) is 1.05. The number of hydrogen-bond donors (Lipinski definition) is 0. The van der Waals surface area contributed by atoms with Crippen molar-refractivity contribution in [1.82, 2.24) is 0 Å². The van der Waals surface area contributed by atoms with Crippen molar-refractivity contribution in [2.24, 2.45) is 4.99 Å². The summed E-state index contributed by atoms with van der Waals surface area (Å²) in [4.78, 5) is 4.26. The molecule has 0 saturated heterocycles. The van der Waals surface area contributed by atoms with Crippen molar-refractivity contribution in [3.05, 3.63) is 11.1 Å². The van der Waals surface area contributed by atoms with Crippen molar-refractivity contribution in [2.45, 2.75) is 13.8 Å². The average Bonchev–Trinajstić information content (AvgIpc) is 1.79. The molecule has 4 heteroatoms. The van der Waals surface area contributed by atoms with Crippen molar-refractivity contribution in [1.29, 1.82) is 0 Å². The number of nitrogens with zero attached hydrogens (tertiary/aromatic N) is 1. The van der Waals surface area contributed by atoms with Crippen LogP contribution in [0.25, 0.3) is 0 Å². The number of halogens is 2. The Morgan fingerprint density at radius 1 is 1.44 bits per heavy atom. The van der Waals surface area contributed by atoms with Gasteiger partial charge in [0.25, 0.3) is 0 Å². The van der Waals surface area contributed by atoms with Crippen LogP contribution in [0.2, 0.25) is 0 Å². The van der Waals surface area contributed by atoms with Gasteiger partial charge in [0.1, 0.15) is 0 Å². The lowest BCUT2D eigenvalue weighted by Crippen LogP contribution is -1.84. The summed E-state index contributed by atoms with van der Waals surface area (Å²) >= 11 is 7.08. The highest BCUT2D eigenvalue weighted by Crippen LogP contribution is 2.68. The van der Waals surface area contributed by atoms with Gasteiger partial charge < -0.3 is 0 Å². The molecule has 1 rings (SSSR count). The van der Waals surface area contributed by atoms with Gasteiger partial charge in [-0.1, -0.05) is 6.89 Å². The van der Waals surface area contributed by atoms with Crippen molar-refractivity contribution in [3.8, 4) is 0 Å². The van der Waals surface area contributed by atoms with Crippen LogP contribution in [0.1, 0.15) is 13.8 Å². The molecule has 0 fully saturated rings. The van der Waals surface area contributed by atoms with E-state index in [2.05, 4.69) is 40.0 Å². The zero-order valence-corrected chi connectivity index (χ0v) is 9.18. The van der Waals surface area contributed by atoms with E-state index in [0.717, 1.165) is 10.7 Å². The fourth-order valence-corrected chi connectivity index (χ4v) is 3.61. The van der Waals surface area contributed by atoms with Gasteiger partial charge in [0.05, 0.1) is 5.04 Å². The second-order valence-corrected chi connectivity index (χ2v) is 12.5. The highest BCUT2D eigenvalue weighted by atomic mass is 79.9. The summed E-state index contributed by atoms with van der Waals surface area (Å²) in [6, 6.07) is 0. The van der Waals surface area contributed by atoms with Gasteiger partial charge in [0, 0.05) is 5.70 Å². The van der Waals surface area contributed by atoms with E-state index in [9.17, 15) is 0 Å². The summed E-state index contributed by atoms with van der Waals surface area (Å²) in [5.41, 5.74) is 1.09. The molecule has 0 aromatic heterocycles. The molecule has 1 nitrogen and oxygen atoms in total. The lowest BCUT2D eigenvalue weighted by atomic mass is 10.6. The standard InChI is InChI=1S/C5H7Br2NS/c1-4-3-9(6,7)5(2)8-4/h3H,1-2H3. The van der Waals surface area contributed by atoms with Gasteiger partial charge in [-0.25, -0.2) is 0 Å². The van der Waals surface area contributed by atoms with E-state index in [1.54, 1.807) is 0 Å². The molecule has 1 heterocycles. The first-order valence-corrected chi connectivity index (χ1v) is 7.87. The fraction of sp³-hybridized carbons (Fsp3) is 0.400. The lowest BCUT2D eigenvalue weighted by Gasteiger charge is -2.14. The Morgan fingerprint density at radius 3 is 2.11 bits per heavy atom. The van der Waals surface area contributed by atoms with Gasteiger partial charge in [0.15, 0.2) is 0 Å². The molecule has 0 saturated carbocycles. The van der Waals surface area contributed by atoms with E-state index in [4.69, 9.17) is 0 Å². The summed E-state index contributed by atoms with van der Waals surface area (Å²) in [6.45, 7) is 3.06. The molecule has 0 aliphatic carbocycles. The van der Waals surface area contributed by atoms with E-state index in [1.807, 2.05) is 13.8 Å². The zero-order chi connectivity index (χ0) is 7.07. The third kappa shape index (κ3) is 1.59. The van der Waals surface area contributed by atoms with Crippen LogP contribution in [0, 0.1) is 0 Å². The molecule has 52 valence electrons. The first-order valence-electron chi connectivity index (χ1n) is 2.48. The topological polar surface area (TPSA) is 12.4 Å². The monoisotopic (exact) mass is 271 g/mol. The first kappa shape index (κ1) is 7.82. The quantitative estimate of drug-likeness (QED) is 0.638. The third-order valence-corrected chi connectivity index (χ3v) is 6.49. The van der Waals surface area contributed by atoms with E-state index in [-0.39, 0.29) is 0 Å². The number of aliphatic imine (C=N–C) groups is 1. The maximum absolute atomic E-state index is 4.26. The Labute approximate surface area is 71.3 Å². The van der Waals surface area contributed by atoms with Gasteiger partial charge >= 0.3 is 0 Å². The molecule has 0 bridgehead atoms. The predicted octanol–water partition coefficient (Wildman–Crippen LogP) is 3.70. The number of hydrogen-bond acceptors (Lipinski definition) is 1. The molecular formula is C5H7Br2NS. The molecule has 0 aromatic carbocycles. The van der Waals surface area contributed by atoms with Crippen LogP contribution in [-0.4, -0.2) is 5.04 Å². The maximum atomic E-state index is 4.26. The van der Waals surface area contributed by atoms with Crippen LogP contribution in [0.15, 0.2) is 16.1 Å². The molecule has 0 radical (unpaired) electrons. The minimum atomic E-state index is -0.961. The highest BCUT2D eigenvalue weighted by Gasteiger charge is 2.22. The van der Waals surface area contributed by atoms with Crippen LogP contribution in [0.3, 0.4) is 0 Å². The molecule has 0 N–H and O–H groups in total. The number of allylic oxidation sites excluding steroid dienone is 1. The SMILES string of the molecule is CC1=CS(Br)(Br)C(C)=N1. The van der Waals surface area contributed by atoms with Gasteiger partial charge in [0.2, 0.25) is 0 Å². The number of rotatable bonds is 0. The largest absolute Gasteiger partial charge is 0.251 e. The molecule has 0 amide bonds. The second kappa shape index (κ2) is 2.40. The second-order valence-electron chi connectivity index (χ2n) is 1.90. The normalized spacial score (nSPS) is 27.1. The Hall–Kier alpha value is 0.720. The van der Waals surface area contributed by atoms with Crippen LogP contribution < -0.4 is 0 Å². The summed E-state index contributed by atoms with van der Waals surface area (Å²) in [7, 11) is 0. The molecular weight excluding hydrogens is 266 g/mol. The van der Waals surface area contributed by atoms with Crippen LogP contribution in [-0.2, 0) is 0 Å². The van der Waals surface area contributed by atoms with E-state index in [1.165, 1.54) is 0 Å². The van der Waals surface area contributed by atoms with Crippen molar-refractivity contribution < 1.29 is 0 Å². The van der Waals surface area contributed by atoms with Crippen molar-refractivity contribution in [3.63, 3.8) is 0 Å². The summed E-state index contributed by atoms with van der Waals surface area (Å²) < 4.78 is 0. The Bertz CT molecular complexity index is 195. The minimum Gasteiger partial charge on any atom is -0.251 e. The summed E-state index contributed by atoms with van der Waals surface area (Å²) in [6.07, 6.45) is 0. The van der Waals surface area contributed by atoms with Crippen LogP contribution in [0.4, 0.5) is 0 Å². The molecule has 1 aliphatic heterocycles. The van der Waals surface area contributed by atoms with Gasteiger partial charge in [-0.05, 0) is 48.9 Å². The maximum Gasteiger partial charge on any atom is 0.0758 e. The lowest BCUT2D eigenvalue weighted by molar-refractivity contribution is 1.34. The summed E-state index contributed by atoms with van der Waals surface area (Å²) in [5.74, 6) is 0. The minimum absolute atomic E-state index is 0.961. The highest BCUT2D eigenvalue weighted by molar-refractivity contribution is 9.94. The van der Waals surface area contributed by atoms with Gasteiger partial charge in [-0.3, -0.25) is 4.99 Å².